The third kappa shape index (κ3) is 4.06. The van der Waals surface area contributed by atoms with Crippen LogP contribution in [0.15, 0.2) is 5.11 Å². The van der Waals surface area contributed by atoms with Gasteiger partial charge in [-0.1, -0.05) is 0 Å². The number of nitrogens with two attached hydrogens (primary N) is 1. The zero-order chi connectivity index (χ0) is 10.4. The highest BCUT2D eigenvalue weighted by Gasteiger charge is 2.14. The monoisotopic (exact) mass is 186 g/mol. The Labute approximate surface area is 74.4 Å². The lowest BCUT2D eigenvalue weighted by atomic mass is 10.3. The van der Waals surface area contributed by atoms with Gasteiger partial charge >= 0.3 is 0 Å². The van der Waals surface area contributed by atoms with Gasteiger partial charge in [0.15, 0.2) is 0 Å². The van der Waals surface area contributed by atoms with E-state index in [1.165, 1.54) is 0 Å². The van der Waals surface area contributed by atoms with Crippen LogP contribution in [-0.2, 0) is 14.4 Å². The number of nitrogens with zero attached hydrogens (tertiary/aromatic N) is 2. The minimum atomic E-state index is -0.717. The van der Waals surface area contributed by atoms with Gasteiger partial charge in [-0.25, -0.2) is 16.4 Å². The molecule has 7 heteroatoms. The second kappa shape index (κ2) is 5.09. The average molecular weight is 186 g/mol. The summed E-state index contributed by atoms with van der Waals surface area (Å²) in [5.41, 5.74) is 6.30. The maximum atomic E-state index is 10.9. The van der Waals surface area contributed by atoms with Gasteiger partial charge in [-0.2, -0.15) is 0 Å². The molecule has 0 atom stereocenters. The van der Waals surface area contributed by atoms with Gasteiger partial charge in [-0.05, 0) is 0 Å². The minimum absolute atomic E-state index is 0.205. The Hall–Kier alpha value is -1.63. The minimum Gasteiger partial charge on any atom is -0.273 e. The van der Waals surface area contributed by atoms with Crippen LogP contribution in [0.3, 0.4) is 0 Å². The van der Waals surface area contributed by atoms with Crippen molar-refractivity contribution >= 4 is 17.7 Å². The number of imide groups is 1. The summed E-state index contributed by atoms with van der Waals surface area (Å²) in [6.45, 7) is 1.13. The molecule has 0 aromatic heterocycles. The van der Waals surface area contributed by atoms with Gasteiger partial charge in [0.2, 0.25) is 11.8 Å². The van der Waals surface area contributed by atoms with Crippen LogP contribution in [0.25, 0.3) is 0 Å². The van der Waals surface area contributed by atoms with E-state index in [2.05, 4.69) is 5.11 Å². The highest BCUT2D eigenvalue weighted by molar-refractivity contribution is 5.94. The fourth-order valence-electron chi connectivity index (χ4n) is 0.566. The van der Waals surface area contributed by atoms with E-state index in [0.29, 0.717) is 5.01 Å². The summed E-state index contributed by atoms with van der Waals surface area (Å²) >= 11 is 0. The van der Waals surface area contributed by atoms with E-state index < -0.39 is 17.7 Å². The molecule has 0 rings (SSSR count). The molecular weight excluding hydrogens is 176 g/mol. The second-order valence-corrected chi connectivity index (χ2v) is 2.29. The van der Waals surface area contributed by atoms with E-state index in [1.54, 1.807) is 0 Å². The predicted octanol–water partition coefficient (Wildman–Crippen LogP) is -0.427. The van der Waals surface area contributed by atoms with E-state index in [0.717, 1.165) is 6.92 Å². The van der Waals surface area contributed by atoms with Crippen LogP contribution in [0, 0.1) is 5.53 Å². The van der Waals surface area contributed by atoms with E-state index in [1.807, 2.05) is 0 Å². The summed E-state index contributed by atoms with van der Waals surface area (Å²) in [6, 6.07) is 0. The molecular formula is C6H10N4O3. The second-order valence-electron chi connectivity index (χ2n) is 2.29. The van der Waals surface area contributed by atoms with Crippen molar-refractivity contribution in [2.24, 2.45) is 11.0 Å². The Kier molecular flexibility index (Phi) is 4.45. The molecule has 0 fully saturated rings. The fourth-order valence-corrected chi connectivity index (χ4v) is 0.566. The van der Waals surface area contributed by atoms with Gasteiger partial charge in [0.25, 0.3) is 5.91 Å². The number of carbonyl (C=O) groups excluding carboxylic acids is 3. The summed E-state index contributed by atoms with van der Waals surface area (Å²) in [5.74, 6) is 3.06. The van der Waals surface area contributed by atoms with Crippen LogP contribution in [0.2, 0.25) is 0 Å². The standard InChI is InChI=1S/C6H10N4O3/c1-4(11)10(8)6(13)3-2-5(12)9-7/h7H,2-3,8H2,1H3. The van der Waals surface area contributed by atoms with Crippen molar-refractivity contribution in [2.45, 2.75) is 19.8 Å². The molecule has 0 saturated heterocycles. The highest BCUT2D eigenvalue weighted by Crippen LogP contribution is 1.96. The van der Waals surface area contributed by atoms with Gasteiger partial charge in [0, 0.05) is 19.8 Å². The zero-order valence-corrected chi connectivity index (χ0v) is 7.11. The molecule has 0 saturated carbocycles. The topological polar surface area (TPSA) is 117 Å². The molecule has 13 heavy (non-hydrogen) atoms. The van der Waals surface area contributed by atoms with Crippen molar-refractivity contribution in [1.82, 2.24) is 5.01 Å². The van der Waals surface area contributed by atoms with E-state index in [-0.39, 0.29) is 12.8 Å². The molecule has 0 unspecified atom stereocenters. The molecule has 0 heterocycles. The van der Waals surface area contributed by atoms with Crippen molar-refractivity contribution in [3.8, 4) is 0 Å². The molecule has 0 aromatic rings. The van der Waals surface area contributed by atoms with E-state index >= 15 is 0 Å². The number of rotatable bonds is 3. The number of hydrazine groups is 1. The Morgan fingerprint density at radius 3 is 2.31 bits per heavy atom. The van der Waals surface area contributed by atoms with E-state index in [4.69, 9.17) is 11.4 Å². The lowest BCUT2D eigenvalue weighted by molar-refractivity contribution is -0.144. The molecule has 3 amide bonds. The third-order valence-electron chi connectivity index (χ3n) is 1.29. The van der Waals surface area contributed by atoms with Crippen LogP contribution in [0.5, 0.6) is 0 Å². The number of hydrogen-bond acceptors (Lipinski definition) is 5. The quantitative estimate of drug-likeness (QED) is 0.269. The van der Waals surface area contributed by atoms with Crippen molar-refractivity contribution in [3.05, 3.63) is 0 Å². The highest BCUT2D eigenvalue weighted by atomic mass is 16.2. The van der Waals surface area contributed by atoms with Crippen LogP contribution in [-0.4, -0.2) is 22.7 Å². The number of nitrogens with one attached hydrogen (secondary N) is 1. The maximum absolute atomic E-state index is 10.9. The normalized spacial score (nSPS) is 9.08. The predicted molar refractivity (Wildman–Crippen MR) is 41.1 cm³/mol. The molecule has 0 aliphatic heterocycles. The zero-order valence-electron chi connectivity index (χ0n) is 7.11. The maximum Gasteiger partial charge on any atom is 0.264 e. The number of carbonyl (C=O) groups is 3. The average Bonchev–Trinajstić information content (AvgIpc) is 2.11. The van der Waals surface area contributed by atoms with Crippen molar-refractivity contribution in [1.29, 1.82) is 5.53 Å². The molecule has 3 N–H and O–H groups in total. The van der Waals surface area contributed by atoms with Crippen LogP contribution < -0.4 is 5.84 Å². The van der Waals surface area contributed by atoms with Gasteiger partial charge in [0.1, 0.15) is 0 Å². The Morgan fingerprint density at radius 2 is 1.92 bits per heavy atom. The summed E-state index contributed by atoms with van der Waals surface area (Å²) in [6.07, 6.45) is -0.416. The molecule has 0 aromatic carbocycles. The summed E-state index contributed by atoms with van der Waals surface area (Å²) in [7, 11) is 0. The van der Waals surface area contributed by atoms with Crippen LogP contribution >= 0.6 is 0 Å². The molecule has 0 aliphatic carbocycles. The smallest absolute Gasteiger partial charge is 0.264 e. The molecule has 0 aliphatic rings. The molecule has 0 bridgehead atoms. The van der Waals surface area contributed by atoms with Crippen LogP contribution in [0.4, 0.5) is 0 Å². The molecule has 0 spiro atoms. The van der Waals surface area contributed by atoms with E-state index in [9.17, 15) is 14.4 Å². The SMILES string of the molecule is CC(=O)N(N)C(=O)CCC(=O)N=N. The Bertz CT molecular complexity index is 250. The summed E-state index contributed by atoms with van der Waals surface area (Å²) in [5, 5.41) is 3.01. The third-order valence-corrected chi connectivity index (χ3v) is 1.29. The molecule has 72 valence electrons. The van der Waals surface area contributed by atoms with Gasteiger partial charge < -0.3 is 0 Å². The molecule has 7 nitrogen and oxygen atoms in total. The van der Waals surface area contributed by atoms with Gasteiger partial charge in [0.05, 0.1) is 0 Å². The van der Waals surface area contributed by atoms with Gasteiger partial charge in [-0.3, -0.25) is 14.4 Å². The fraction of sp³-hybridized carbons (Fsp3) is 0.500. The Morgan fingerprint density at radius 1 is 1.38 bits per heavy atom. The summed E-state index contributed by atoms with van der Waals surface area (Å²) < 4.78 is 0. The molecule has 0 radical (unpaired) electrons. The number of amides is 3. The first-order chi connectivity index (χ1) is 5.99. The number of hydrogen-bond donors (Lipinski definition) is 2. The lowest BCUT2D eigenvalue weighted by Gasteiger charge is -2.10. The first kappa shape index (κ1) is 11.4. The van der Waals surface area contributed by atoms with Crippen LogP contribution in [0.1, 0.15) is 19.8 Å². The first-order valence-corrected chi connectivity index (χ1v) is 3.47. The van der Waals surface area contributed by atoms with Crippen molar-refractivity contribution in [3.63, 3.8) is 0 Å². The Balaban J connectivity index is 3.94. The lowest BCUT2D eigenvalue weighted by Crippen LogP contribution is -2.41. The summed E-state index contributed by atoms with van der Waals surface area (Å²) in [4.78, 5) is 31.9. The largest absolute Gasteiger partial charge is 0.273 e. The van der Waals surface area contributed by atoms with Crippen molar-refractivity contribution in [2.75, 3.05) is 0 Å². The first-order valence-electron chi connectivity index (χ1n) is 3.47. The van der Waals surface area contributed by atoms with Crippen molar-refractivity contribution < 1.29 is 14.4 Å². The van der Waals surface area contributed by atoms with Gasteiger partial charge in [-0.15, -0.1) is 5.11 Å².